The maximum Gasteiger partial charge on any atom is 0.306 e. The van der Waals surface area contributed by atoms with E-state index in [0.717, 1.165) is 19.3 Å². The van der Waals surface area contributed by atoms with Crippen LogP contribution in [-0.2, 0) is 23.7 Å². The first-order valence-electron chi connectivity index (χ1n) is 16.5. The molecule has 0 aromatic heterocycles. The number of epoxide rings is 1. The van der Waals surface area contributed by atoms with Gasteiger partial charge < -0.3 is 44.5 Å². The normalized spacial score (nSPS) is 48.0. The van der Waals surface area contributed by atoms with Crippen molar-refractivity contribution in [1.82, 2.24) is 0 Å². The number of carbonyl (C=O) groups excluding carboxylic acids is 1. The minimum absolute atomic E-state index is 0.290. The Morgan fingerprint density at radius 1 is 1.11 bits per heavy atom. The van der Waals surface area contributed by atoms with Gasteiger partial charge in [0.25, 0.3) is 0 Å². The summed E-state index contributed by atoms with van der Waals surface area (Å²) in [7, 11) is 0. The van der Waals surface area contributed by atoms with Gasteiger partial charge in [0.2, 0.25) is 0 Å². The second-order valence-electron chi connectivity index (χ2n) is 14.4. The maximum absolute atomic E-state index is 13.6. The summed E-state index contributed by atoms with van der Waals surface area (Å²) in [6.07, 6.45) is 7.69. The number of fused-ring (bicyclic) bond motifs is 3. The molecule has 0 spiro atoms. The van der Waals surface area contributed by atoms with Gasteiger partial charge in [-0.15, -0.1) is 0 Å². The van der Waals surface area contributed by atoms with E-state index in [1.807, 2.05) is 13.8 Å². The minimum Gasteiger partial charge on any atom is -0.393 e. The first kappa shape index (κ1) is 32.5. The Balaban J connectivity index is 1.32. The zero-order chi connectivity index (χ0) is 31.9. The van der Waals surface area contributed by atoms with Crippen molar-refractivity contribution in [1.29, 1.82) is 0 Å². The van der Waals surface area contributed by atoms with E-state index < -0.39 is 83.1 Å². The van der Waals surface area contributed by atoms with Gasteiger partial charge in [-0.3, -0.25) is 4.79 Å². The standard InChI is InChI=1S/C34H50O10/c1-6-7-8-9-10-11-12-13-22(36)23(37)14-15-32-42-27-25-28-31(18-35,41-28)29(39)33(40)24(16-20(4)26(33)38)34(25,44-32)21(5)17-30(27,43-32)19(2)3/h14-16,21-25,27-29,35-37,39-40H,2,6-13,17-18H2,1,3-5H3/b15-14+/t21-,22+,23+,24-,25-,27-,28+,29-,30-,31+,32-,33-,34+/m1/s1. The van der Waals surface area contributed by atoms with Crippen LogP contribution in [0.2, 0.25) is 0 Å². The molecule has 0 radical (unpaired) electrons. The van der Waals surface area contributed by atoms with Crippen LogP contribution >= 0.6 is 0 Å². The molecule has 5 N–H and O–H groups in total. The third-order valence-corrected chi connectivity index (χ3v) is 11.7. The summed E-state index contributed by atoms with van der Waals surface area (Å²) in [5.74, 6) is -4.44. The van der Waals surface area contributed by atoms with Crippen molar-refractivity contribution in [2.24, 2.45) is 17.8 Å². The van der Waals surface area contributed by atoms with Crippen molar-refractivity contribution in [3.63, 3.8) is 0 Å². The van der Waals surface area contributed by atoms with Crippen molar-refractivity contribution in [3.8, 4) is 0 Å². The van der Waals surface area contributed by atoms with Crippen LogP contribution in [0.5, 0.6) is 0 Å². The third kappa shape index (κ3) is 4.29. The lowest BCUT2D eigenvalue weighted by molar-refractivity contribution is -0.406. The van der Waals surface area contributed by atoms with Crippen LogP contribution < -0.4 is 0 Å². The molecule has 10 nitrogen and oxygen atoms in total. The van der Waals surface area contributed by atoms with E-state index >= 15 is 0 Å². The van der Waals surface area contributed by atoms with Gasteiger partial charge in [-0.25, -0.2) is 0 Å². The van der Waals surface area contributed by atoms with Crippen LogP contribution in [-0.4, -0.2) is 96.8 Å². The second kappa shape index (κ2) is 11.1. The molecule has 0 aromatic carbocycles. The van der Waals surface area contributed by atoms with Crippen LogP contribution in [0.3, 0.4) is 0 Å². The summed E-state index contributed by atoms with van der Waals surface area (Å²) >= 11 is 0. The smallest absolute Gasteiger partial charge is 0.306 e. The van der Waals surface area contributed by atoms with Gasteiger partial charge in [0, 0.05) is 17.9 Å². The van der Waals surface area contributed by atoms with Gasteiger partial charge >= 0.3 is 5.97 Å². The molecular weight excluding hydrogens is 568 g/mol. The molecule has 44 heavy (non-hydrogen) atoms. The van der Waals surface area contributed by atoms with Crippen molar-refractivity contribution in [2.75, 3.05) is 6.61 Å². The number of Topliss-reactive ketones (excluding diaryl/α,β-unsaturated/α-hetero) is 1. The molecule has 3 aliphatic carbocycles. The summed E-state index contributed by atoms with van der Waals surface area (Å²) in [6.45, 7) is 11.2. The highest BCUT2D eigenvalue weighted by atomic mass is 16.9. The number of ketones is 1. The van der Waals surface area contributed by atoms with Gasteiger partial charge in [0.1, 0.15) is 29.5 Å². The predicted octanol–water partition coefficient (Wildman–Crippen LogP) is 2.59. The van der Waals surface area contributed by atoms with E-state index in [0.29, 0.717) is 18.4 Å². The van der Waals surface area contributed by atoms with E-state index in [-0.39, 0.29) is 11.5 Å². The molecule has 0 aromatic rings. The lowest BCUT2D eigenvalue weighted by atomic mass is 9.54. The predicted molar refractivity (Wildman–Crippen MR) is 159 cm³/mol. The molecule has 6 rings (SSSR count). The molecule has 5 fully saturated rings. The Kier molecular flexibility index (Phi) is 8.16. The first-order chi connectivity index (χ1) is 20.8. The highest BCUT2D eigenvalue weighted by molar-refractivity contribution is 6.05. The number of carbonyl (C=O) groups is 1. The number of aliphatic hydroxyl groups excluding tert-OH is 4. The van der Waals surface area contributed by atoms with Crippen molar-refractivity contribution >= 4 is 5.78 Å². The van der Waals surface area contributed by atoms with E-state index in [4.69, 9.17) is 18.9 Å². The molecule has 3 saturated heterocycles. The fourth-order valence-corrected chi connectivity index (χ4v) is 9.24. The van der Waals surface area contributed by atoms with Gasteiger partial charge in [0.15, 0.2) is 11.4 Å². The molecule has 0 unspecified atom stereocenters. The van der Waals surface area contributed by atoms with E-state index in [1.165, 1.54) is 37.8 Å². The number of aliphatic hydroxyl groups is 5. The molecule has 3 aliphatic heterocycles. The van der Waals surface area contributed by atoms with Crippen LogP contribution in [0.15, 0.2) is 36.0 Å². The highest BCUT2D eigenvalue weighted by Crippen LogP contribution is 2.72. The minimum atomic E-state index is -2.30. The van der Waals surface area contributed by atoms with E-state index in [9.17, 15) is 30.3 Å². The number of hydrogen-bond acceptors (Lipinski definition) is 10. The molecule has 13 atom stereocenters. The molecule has 0 amide bonds. The number of hydrogen-bond donors (Lipinski definition) is 5. The molecule has 6 aliphatic rings. The van der Waals surface area contributed by atoms with Crippen LogP contribution in [0.25, 0.3) is 0 Å². The van der Waals surface area contributed by atoms with Crippen molar-refractivity contribution in [3.05, 3.63) is 36.0 Å². The van der Waals surface area contributed by atoms with Gasteiger partial charge in [-0.05, 0) is 49.8 Å². The topological polar surface area (TPSA) is 158 Å². The Hall–Kier alpha value is -1.47. The van der Waals surface area contributed by atoms with Gasteiger partial charge in [0.05, 0.1) is 24.4 Å². The quantitative estimate of drug-likeness (QED) is 0.118. The Bertz CT molecular complexity index is 1230. The Morgan fingerprint density at radius 3 is 2.45 bits per heavy atom. The fraction of sp³-hybridized carbons (Fsp3) is 0.794. The zero-order valence-electron chi connectivity index (χ0n) is 26.4. The van der Waals surface area contributed by atoms with Crippen molar-refractivity contribution < 1.29 is 49.3 Å². The second-order valence-corrected chi connectivity index (χ2v) is 14.4. The maximum atomic E-state index is 13.6. The first-order valence-corrected chi connectivity index (χ1v) is 16.5. The number of rotatable bonds is 13. The van der Waals surface area contributed by atoms with Crippen LogP contribution in [0.1, 0.15) is 85.5 Å². The van der Waals surface area contributed by atoms with Crippen LogP contribution in [0.4, 0.5) is 0 Å². The van der Waals surface area contributed by atoms with Crippen LogP contribution in [0, 0.1) is 17.8 Å². The average Bonchev–Trinajstić information content (AvgIpc) is 3.63. The Labute approximate surface area is 259 Å². The summed E-state index contributed by atoms with van der Waals surface area (Å²) in [5.41, 5.74) is -5.26. The average molecular weight is 619 g/mol. The fourth-order valence-electron chi connectivity index (χ4n) is 9.24. The highest BCUT2D eigenvalue weighted by Gasteiger charge is 2.88. The van der Waals surface area contributed by atoms with Gasteiger partial charge in [-0.2, -0.15) is 0 Å². The van der Waals surface area contributed by atoms with E-state index in [1.54, 1.807) is 13.0 Å². The zero-order valence-corrected chi connectivity index (χ0v) is 26.4. The Morgan fingerprint density at radius 2 is 1.80 bits per heavy atom. The lowest BCUT2D eigenvalue weighted by Crippen LogP contribution is -2.72. The SMILES string of the molecule is C=C(C)[C@]12C[C@@H](C)[C@@]34O[C@](/C=C/[C@H](O)[C@@H](O)CCCCCCCCC)(O[C@@H]1[C@@H]3[C@@H]1O[C@]1(CO)[C@@H](O)[C@]1(O)C(=O)C(C)=C[C@H]14)O2. The molecule has 3 heterocycles. The summed E-state index contributed by atoms with van der Waals surface area (Å²) in [6, 6.07) is 0. The largest absolute Gasteiger partial charge is 0.393 e. The summed E-state index contributed by atoms with van der Waals surface area (Å²) in [4.78, 5) is 13.6. The molecule has 246 valence electrons. The third-order valence-electron chi connectivity index (χ3n) is 11.7. The number of ether oxygens (including phenoxy) is 4. The number of unbranched alkanes of at least 4 members (excludes halogenated alkanes) is 6. The van der Waals surface area contributed by atoms with Gasteiger partial charge in [-0.1, -0.05) is 71.4 Å². The molecule has 3 bridgehead atoms. The lowest BCUT2D eigenvalue weighted by Gasteiger charge is -2.59. The molecule has 2 saturated carbocycles. The monoisotopic (exact) mass is 618 g/mol. The van der Waals surface area contributed by atoms with E-state index in [2.05, 4.69) is 13.5 Å². The molecule has 10 heteroatoms. The summed E-state index contributed by atoms with van der Waals surface area (Å²) < 4.78 is 26.2. The summed E-state index contributed by atoms with van der Waals surface area (Å²) in [5, 5.41) is 55.9. The molecular formula is C34H50O10. The van der Waals surface area contributed by atoms with Crippen molar-refractivity contribution in [2.45, 2.75) is 144 Å².